The van der Waals surface area contributed by atoms with Gasteiger partial charge in [-0.25, -0.2) is 9.78 Å². The van der Waals surface area contributed by atoms with E-state index in [1.165, 1.54) is 6.20 Å². The van der Waals surface area contributed by atoms with Crippen molar-refractivity contribution < 1.29 is 14.3 Å². The van der Waals surface area contributed by atoms with Crippen molar-refractivity contribution in [1.29, 1.82) is 0 Å². The van der Waals surface area contributed by atoms with E-state index in [0.717, 1.165) is 36.6 Å². The summed E-state index contributed by atoms with van der Waals surface area (Å²) in [5.74, 6) is 1.26. The maximum atomic E-state index is 13.2. The van der Waals surface area contributed by atoms with Crippen molar-refractivity contribution in [3.8, 4) is 5.88 Å². The van der Waals surface area contributed by atoms with Crippen molar-refractivity contribution in [2.45, 2.75) is 58.6 Å². The summed E-state index contributed by atoms with van der Waals surface area (Å²) >= 11 is 0. The van der Waals surface area contributed by atoms with E-state index < -0.39 is 5.97 Å². The van der Waals surface area contributed by atoms with E-state index in [2.05, 4.69) is 48.0 Å². The topological polar surface area (TPSA) is 135 Å². The van der Waals surface area contributed by atoms with E-state index in [9.17, 15) is 4.79 Å². The molecule has 2 aliphatic rings. The predicted octanol–water partition coefficient (Wildman–Crippen LogP) is 4.04. The van der Waals surface area contributed by atoms with Crippen LogP contribution in [0.15, 0.2) is 24.4 Å². The second-order valence-electron chi connectivity index (χ2n) is 12.1. The second kappa shape index (κ2) is 11.2. The van der Waals surface area contributed by atoms with Crippen LogP contribution in [0.25, 0.3) is 0 Å². The number of hydrogen-bond acceptors (Lipinski definition) is 12. The number of nitrogens with zero attached hydrogens (tertiary/aromatic N) is 7. The molecule has 1 saturated heterocycles. The Labute approximate surface area is 247 Å². The van der Waals surface area contributed by atoms with Gasteiger partial charge in [-0.15, -0.1) is 0 Å². The second-order valence-corrected chi connectivity index (χ2v) is 12.1. The average Bonchev–Trinajstić information content (AvgIpc) is 3.51. The predicted molar refractivity (Wildman–Crippen MR) is 164 cm³/mol. The van der Waals surface area contributed by atoms with Gasteiger partial charge in [0.2, 0.25) is 11.8 Å². The molecule has 12 heteroatoms. The molecule has 0 radical (unpaired) electrons. The normalized spacial score (nSPS) is 17.6. The number of aromatic nitrogens is 4. The van der Waals surface area contributed by atoms with Crippen LogP contribution in [0.3, 0.4) is 0 Å². The van der Waals surface area contributed by atoms with Crippen molar-refractivity contribution >= 4 is 40.6 Å². The minimum Gasteiger partial charge on any atom is -0.479 e. The molecule has 0 bridgehead atoms. The van der Waals surface area contributed by atoms with Crippen LogP contribution in [0.2, 0.25) is 0 Å². The van der Waals surface area contributed by atoms with Crippen LogP contribution in [0, 0.1) is 6.92 Å². The first kappa shape index (κ1) is 29.3. The van der Waals surface area contributed by atoms with E-state index in [0.29, 0.717) is 41.5 Å². The first-order valence-corrected chi connectivity index (χ1v) is 14.2. The molecule has 3 aromatic heterocycles. The number of ether oxygens (including phenoxy) is 2. The van der Waals surface area contributed by atoms with E-state index in [1.807, 2.05) is 37.8 Å². The van der Waals surface area contributed by atoms with Gasteiger partial charge in [0, 0.05) is 43.0 Å². The van der Waals surface area contributed by atoms with Gasteiger partial charge < -0.3 is 35.2 Å². The van der Waals surface area contributed by atoms with Gasteiger partial charge in [0.25, 0.3) is 0 Å². The largest absolute Gasteiger partial charge is 0.479 e. The molecule has 3 aromatic rings. The van der Waals surface area contributed by atoms with Crippen molar-refractivity contribution in [2.75, 3.05) is 61.7 Å². The Morgan fingerprint density at radius 1 is 1.19 bits per heavy atom. The van der Waals surface area contributed by atoms with Gasteiger partial charge >= 0.3 is 5.97 Å². The molecule has 0 saturated carbocycles. The number of anilines is 6. The number of aryl methyl sites for hydroxylation is 1. The molecule has 0 amide bonds. The van der Waals surface area contributed by atoms with Crippen LogP contribution in [0.1, 0.15) is 55.9 Å². The van der Waals surface area contributed by atoms with Crippen LogP contribution in [0.4, 0.5) is 34.6 Å². The molecule has 5 heterocycles. The first-order valence-electron chi connectivity index (χ1n) is 14.2. The summed E-state index contributed by atoms with van der Waals surface area (Å²) in [6, 6.07) is 6.20. The summed E-state index contributed by atoms with van der Waals surface area (Å²) < 4.78 is 11.2. The Morgan fingerprint density at radius 3 is 2.62 bits per heavy atom. The molecular weight excluding hydrogens is 534 g/mol. The Hall–Kier alpha value is -4.19. The monoisotopic (exact) mass is 575 g/mol. The van der Waals surface area contributed by atoms with Crippen LogP contribution in [-0.4, -0.2) is 83.8 Å². The van der Waals surface area contributed by atoms with Gasteiger partial charge in [-0.3, -0.25) is 4.98 Å². The van der Waals surface area contributed by atoms with Gasteiger partial charge in [-0.05, 0) is 59.5 Å². The van der Waals surface area contributed by atoms with Gasteiger partial charge in [0.1, 0.15) is 11.3 Å². The fourth-order valence-electron chi connectivity index (χ4n) is 5.55. The van der Waals surface area contributed by atoms with E-state index in [-0.39, 0.29) is 23.0 Å². The number of rotatable bonds is 8. The number of pyridine rings is 2. The van der Waals surface area contributed by atoms with E-state index in [4.69, 9.17) is 30.2 Å². The number of carbonyl (C=O) groups is 1. The highest BCUT2D eigenvalue weighted by molar-refractivity contribution is 5.96. The molecule has 0 aliphatic carbocycles. The average molecular weight is 576 g/mol. The summed E-state index contributed by atoms with van der Waals surface area (Å²) in [5, 5.41) is 3.22. The minimum absolute atomic E-state index is 0.263. The number of nitrogen functional groups attached to an aromatic ring is 1. The molecule has 0 aromatic carbocycles. The first-order chi connectivity index (χ1) is 19.9. The Bertz CT molecular complexity index is 1490. The highest BCUT2D eigenvalue weighted by Crippen LogP contribution is 2.44. The van der Waals surface area contributed by atoms with Gasteiger partial charge in [-0.1, -0.05) is 13.8 Å². The maximum absolute atomic E-state index is 13.2. The van der Waals surface area contributed by atoms with E-state index >= 15 is 0 Å². The SMILES string of the molecule is COc1nc(N2CC[C@@H](N(C)C)C2)c(N)cc1Nc1ncc(C(=O)OC(C)C)c(N2CC(C)(C)c3nc(C)ccc32)n1. The molecule has 1 fully saturated rings. The molecule has 1 atom stereocenters. The number of hydrogen-bond donors (Lipinski definition) is 2. The fraction of sp³-hybridized carbons (Fsp3) is 0.500. The fourth-order valence-corrected chi connectivity index (χ4v) is 5.55. The summed E-state index contributed by atoms with van der Waals surface area (Å²) in [5.41, 5.74) is 10.3. The van der Waals surface area contributed by atoms with Crippen molar-refractivity contribution in [2.24, 2.45) is 0 Å². The third-order valence-corrected chi connectivity index (χ3v) is 7.71. The Morgan fingerprint density at radius 2 is 1.95 bits per heavy atom. The van der Waals surface area contributed by atoms with E-state index in [1.54, 1.807) is 13.2 Å². The number of esters is 1. The lowest BCUT2D eigenvalue weighted by atomic mass is 9.91. The Balaban J connectivity index is 1.52. The van der Waals surface area contributed by atoms with Gasteiger partial charge in [-0.2, -0.15) is 9.97 Å². The van der Waals surface area contributed by atoms with Crippen LogP contribution >= 0.6 is 0 Å². The Kier molecular flexibility index (Phi) is 7.84. The zero-order valence-corrected chi connectivity index (χ0v) is 25.7. The third kappa shape index (κ3) is 5.63. The smallest absolute Gasteiger partial charge is 0.343 e. The number of fused-ring (bicyclic) bond motifs is 1. The zero-order valence-electron chi connectivity index (χ0n) is 25.7. The lowest BCUT2D eigenvalue weighted by Gasteiger charge is -2.24. The minimum atomic E-state index is -0.493. The number of nitrogens with two attached hydrogens (primary N) is 1. The summed E-state index contributed by atoms with van der Waals surface area (Å²) in [6.45, 7) is 12.1. The molecule has 2 aliphatic heterocycles. The molecule has 5 rings (SSSR count). The number of carbonyl (C=O) groups excluding carboxylic acids is 1. The lowest BCUT2D eigenvalue weighted by molar-refractivity contribution is 0.0378. The summed E-state index contributed by atoms with van der Waals surface area (Å²) in [4.78, 5) is 38.5. The zero-order chi connectivity index (χ0) is 30.3. The highest BCUT2D eigenvalue weighted by Gasteiger charge is 2.40. The van der Waals surface area contributed by atoms with Gasteiger partial charge in [0.15, 0.2) is 11.6 Å². The lowest BCUT2D eigenvalue weighted by Crippen LogP contribution is -2.32. The van der Waals surface area contributed by atoms with Crippen LogP contribution in [0.5, 0.6) is 5.88 Å². The molecule has 0 unspecified atom stereocenters. The molecule has 42 heavy (non-hydrogen) atoms. The summed E-state index contributed by atoms with van der Waals surface area (Å²) in [6.07, 6.45) is 2.23. The quantitative estimate of drug-likeness (QED) is 0.375. The molecule has 0 spiro atoms. The molecule has 12 nitrogen and oxygen atoms in total. The molecule has 3 N–H and O–H groups in total. The van der Waals surface area contributed by atoms with Gasteiger partial charge in [0.05, 0.1) is 30.3 Å². The molecular formula is C30H41N9O3. The number of methoxy groups -OCH3 is 1. The standard InChI is InChI=1S/C30H41N9O3/c1-17(2)42-28(40)20-14-32-29(36-25(20)39-16-30(4,5)24-23(39)10-9-18(3)33-24)34-22-13-21(31)26(35-27(22)41-8)38-12-11-19(15-38)37(6)7/h9-10,13-14,17,19H,11-12,15-16,31H2,1-8H3,(H,32,34,36)/t19-/m1/s1. The summed E-state index contributed by atoms with van der Waals surface area (Å²) in [7, 11) is 5.73. The highest BCUT2D eigenvalue weighted by atomic mass is 16.5. The van der Waals surface area contributed by atoms with Crippen molar-refractivity contribution in [3.05, 3.63) is 41.3 Å². The number of likely N-dealkylation sites (N-methyl/N-ethyl adjacent to an activating group) is 1. The van der Waals surface area contributed by atoms with Crippen LogP contribution < -0.4 is 25.6 Å². The third-order valence-electron chi connectivity index (χ3n) is 7.71. The van der Waals surface area contributed by atoms with Crippen molar-refractivity contribution in [3.63, 3.8) is 0 Å². The molecule has 224 valence electrons. The van der Waals surface area contributed by atoms with Crippen molar-refractivity contribution in [1.82, 2.24) is 24.8 Å². The maximum Gasteiger partial charge on any atom is 0.343 e. The number of nitrogens with one attached hydrogen (secondary N) is 1. The van der Waals surface area contributed by atoms with Crippen LogP contribution in [-0.2, 0) is 10.2 Å².